The fourth-order valence-corrected chi connectivity index (χ4v) is 10.3. The molecule has 2 saturated carbocycles. The molecule has 268 valence electrons. The lowest BCUT2D eigenvalue weighted by Crippen LogP contribution is -2.75. The fraction of sp³-hybridized carbons (Fsp3) is 0.744. The first-order valence-corrected chi connectivity index (χ1v) is 19.1. The molecule has 1 aromatic carbocycles. The van der Waals surface area contributed by atoms with E-state index in [1.165, 1.54) is 68.6 Å². The number of amides is 1. The number of piperazine rings is 1. The minimum atomic E-state index is -0.225. The van der Waals surface area contributed by atoms with Crippen molar-refractivity contribution in [2.45, 2.75) is 132 Å². The second kappa shape index (κ2) is 15.4. The quantitative estimate of drug-likeness (QED) is 0.313. The minimum absolute atomic E-state index is 0.0726. The number of ether oxygens (including phenoxy) is 3. The van der Waals surface area contributed by atoms with Crippen molar-refractivity contribution < 1.29 is 19.0 Å². The Morgan fingerprint density at radius 1 is 1.12 bits per heavy atom. The Bertz CT molecular complexity index is 1360. The molecule has 7 atom stereocenters. The van der Waals surface area contributed by atoms with Gasteiger partial charge in [0.05, 0.1) is 50.6 Å². The summed E-state index contributed by atoms with van der Waals surface area (Å²) in [4.78, 5) is 22.6. The van der Waals surface area contributed by atoms with Crippen LogP contribution in [0.5, 0.6) is 5.75 Å². The average molecular weight is 675 g/mol. The molecule has 49 heavy (non-hydrogen) atoms. The number of fused-ring (bicyclic) bond motifs is 2. The summed E-state index contributed by atoms with van der Waals surface area (Å²) in [6, 6.07) is 9.74. The summed E-state index contributed by atoms with van der Waals surface area (Å²) in [5, 5.41) is 14.0. The largest absolute Gasteiger partial charge is 0.496 e. The Labute approximate surface area is 293 Å². The molecule has 5 fully saturated rings. The lowest BCUT2D eigenvalue weighted by molar-refractivity contribution is -0.226. The first kappa shape index (κ1) is 34.9. The number of rotatable bonds is 8. The van der Waals surface area contributed by atoms with Gasteiger partial charge in [0.25, 0.3) is 0 Å². The van der Waals surface area contributed by atoms with Gasteiger partial charge in [-0.25, -0.2) is 4.90 Å². The van der Waals surface area contributed by atoms with E-state index in [-0.39, 0.29) is 36.1 Å². The summed E-state index contributed by atoms with van der Waals surface area (Å²) in [6.07, 6.45) is 15.4. The molecule has 1 aromatic rings. The third-order valence-corrected chi connectivity index (χ3v) is 12.9. The SMILES string of the molecule is C=CC(=O)N1CCN(C2C3CC[C@@]4(Cc5cccc(OC)c5CO4)CC3NC(OCC3CCCN3C)N2C2CCCCCC2)CC1CC#N. The second-order valence-electron chi connectivity index (χ2n) is 15.6. The van der Waals surface area contributed by atoms with Crippen LogP contribution >= 0.6 is 0 Å². The molecule has 0 radical (unpaired) electrons. The molecule has 1 spiro atoms. The van der Waals surface area contributed by atoms with Crippen molar-refractivity contribution in [3.05, 3.63) is 42.0 Å². The summed E-state index contributed by atoms with van der Waals surface area (Å²) in [7, 11) is 3.98. The molecule has 6 aliphatic rings. The van der Waals surface area contributed by atoms with Crippen LogP contribution in [0.4, 0.5) is 0 Å². The molecule has 4 aliphatic heterocycles. The van der Waals surface area contributed by atoms with E-state index >= 15 is 0 Å². The average Bonchev–Trinajstić information content (AvgIpc) is 3.34. The molecule has 3 saturated heterocycles. The number of carbonyl (C=O) groups excluding carboxylic acids is 1. The molecule has 1 amide bonds. The topological polar surface area (TPSA) is 93.5 Å². The Balaban J connectivity index is 1.21. The Morgan fingerprint density at radius 2 is 1.96 bits per heavy atom. The summed E-state index contributed by atoms with van der Waals surface area (Å²) >= 11 is 0. The maximum Gasteiger partial charge on any atom is 0.246 e. The standard InChI is InChI=1S/C39H58N6O4/c1-4-36(46)44-22-21-43(25-30(44)17-19-40)37-32-16-18-39(23-28-11-9-15-35(47-3)33(28)27-49-39)24-34(32)41-38(48-26-31-14-10-20-42(31)2)45(37)29-12-7-5-6-8-13-29/h4,9,11,15,29-32,34,37-38,41H,1,5-8,10,12-14,16-18,20-27H2,2-3H3/t30?,31?,32?,34?,37?,38?,39-/m1/s1. The molecular weight excluding hydrogens is 616 g/mol. The Hall–Kier alpha value is -2.52. The van der Waals surface area contributed by atoms with Crippen LogP contribution < -0.4 is 10.1 Å². The van der Waals surface area contributed by atoms with Crippen molar-refractivity contribution in [2.75, 3.05) is 46.9 Å². The predicted molar refractivity (Wildman–Crippen MR) is 188 cm³/mol. The number of likely N-dealkylation sites (tertiary alicyclic amines) is 1. The smallest absolute Gasteiger partial charge is 0.246 e. The number of likely N-dealkylation sites (N-methyl/N-ethyl adjacent to an activating group) is 1. The Kier molecular flexibility index (Phi) is 11.0. The first-order valence-electron chi connectivity index (χ1n) is 19.1. The lowest BCUT2D eigenvalue weighted by atomic mass is 9.69. The second-order valence-corrected chi connectivity index (χ2v) is 15.6. The molecule has 0 aromatic heterocycles. The Morgan fingerprint density at radius 3 is 2.69 bits per heavy atom. The van der Waals surface area contributed by atoms with Gasteiger partial charge in [-0.3, -0.25) is 15.0 Å². The molecule has 6 unspecified atom stereocenters. The van der Waals surface area contributed by atoms with Crippen LogP contribution in [0.15, 0.2) is 30.9 Å². The highest BCUT2D eigenvalue weighted by molar-refractivity contribution is 5.87. The zero-order valence-electron chi connectivity index (χ0n) is 29.9. The lowest BCUT2D eigenvalue weighted by Gasteiger charge is -2.61. The molecule has 7 rings (SSSR count). The predicted octanol–water partition coefficient (Wildman–Crippen LogP) is 4.64. The van der Waals surface area contributed by atoms with Gasteiger partial charge in [0.1, 0.15) is 5.75 Å². The zero-order chi connectivity index (χ0) is 34.0. The number of benzene rings is 1. The van der Waals surface area contributed by atoms with Gasteiger partial charge in [0.15, 0.2) is 6.35 Å². The zero-order valence-corrected chi connectivity index (χ0v) is 29.9. The fourth-order valence-electron chi connectivity index (χ4n) is 10.3. The van der Waals surface area contributed by atoms with Crippen LogP contribution in [0.1, 0.15) is 88.2 Å². The number of carbonyl (C=O) groups is 1. The number of hydrogen-bond acceptors (Lipinski definition) is 9. The maximum absolute atomic E-state index is 12.9. The van der Waals surface area contributed by atoms with Crippen molar-refractivity contribution in [1.82, 2.24) is 24.9 Å². The summed E-state index contributed by atoms with van der Waals surface area (Å²) in [5.41, 5.74) is 2.30. The van der Waals surface area contributed by atoms with Crippen LogP contribution in [-0.2, 0) is 27.3 Å². The normalized spacial score (nSPS) is 34.9. The van der Waals surface area contributed by atoms with Gasteiger partial charge in [-0.05, 0) is 76.2 Å². The highest BCUT2D eigenvalue weighted by Crippen LogP contribution is 2.47. The van der Waals surface area contributed by atoms with Crippen molar-refractivity contribution in [1.29, 1.82) is 5.26 Å². The van der Waals surface area contributed by atoms with E-state index in [1.807, 2.05) is 11.0 Å². The van der Waals surface area contributed by atoms with E-state index in [0.717, 1.165) is 51.1 Å². The van der Waals surface area contributed by atoms with Crippen molar-refractivity contribution >= 4 is 5.91 Å². The van der Waals surface area contributed by atoms with Gasteiger partial charge >= 0.3 is 0 Å². The molecule has 4 heterocycles. The number of nitriles is 1. The molecular formula is C39H58N6O4. The van der Waals surface area contributed by atoms with E-state index in [1.54, 1.807) is 7.11 Å². The van der Waals surface area contributed by atoms with Gasteiger partial charge in [0.2, 0.25) is 5.91 Å². The summed E-state index contributed by atoms with van der Waals surface area (Å²) in [6.45, 7) is 8.28. The van der Waals surface area contributed by atoms with Gasteiger partial charge in [-0.2, -0.15) is 5.26 Å². The maximum atomic E-state index is 12.9. The minimum Gasteiger partial charge on any atom is -0.496 e. The van der Waals surface area contributed by atoms with Crippen molar-refractivity contribution in [2.24, 2.45) is 5.92 Å². The molecule has 0 bridgehead atoms. The van der Waals surface area contributed by atoms with Gasteiger partial charge in [0, 0.05) is 55.7 Å². The number of nitrogens with zero attached hydrogens (tertiary/aromatic N) is 5. The van der Waals surface area contributed by atoms with Crippen molar-refractivity contribution in [3.63, 3.8) is 0 Å². The van der Waals surface area contributed by atoms with E-state index in [9.17, 15) is 10.1 Å². The number of nitrogens with one attached hydrogen (secondary N) is 1. The molecule has 10 nitrogen and oxygen atoms in total. The summed E-state index contributed by atoms with van der Waals surface area (Å²) < 4.78 is 19.7. The van der Waals surface area contributed by atoms with E-state index < -0.39 is 0 Å². The van der Waals surface area contributed by atoms with Crippen LogP contribution in [0, 0.1) is 17.2 Å². The highest BCUT2D eigenvalue weighted by Gasteiger charge is 2.55. The van der Waals surface area contributed by atoms with Crippen LogP contribution in [-0.4, -0.2) is 115 Å². The van der Waals surface area contributed by atoms with Gasteiger partial charge < -0.3 is 24.0 Å². The molecule has 10 heteroatoms. The van der Waals surface area contributed by atoms with Gasteiger partial charge in [-0.1, -0.05) is 44.4 Å². The van der Waals surface area contributed by atoms with Gasteiger partial charge in [-0.15, -0.1) is 0 Å². The van der Waals surface area contributed by atoms with E-state index in [2.05, 4.69) is 51.8 Å². The van der Waals surface area contributed by atoms with Crippen LogP contribution in [0.3, 0.4) is 0 Å². The van der Waals surface area contributed by atoms with Crippen LogP contribution in [0.2, 0.25) is 0 Å². The first-order chi connectivity index (χ1) is 23.9. The number of methoxy groups -OCH3 is 1. The number of hydrogen-bond donors (Lipinski definition) is 1. The van der Waals surface area contributed by atoms with Crippen LogP contribution in [0.25, 0.3) is 0 Å². The third-order valence-electron chi connectivity index (χ3n) is 12.9. The monoisotopic (exact) mass is 674 g/mol. The summed E-state index contributed by atoms with van der Waals surface area (Å²) in [5.74, 6) is 1.22. The molecule has 1 N–H and O–H groups in total. The van der Waals surface area contributed by atoms with E-state index in [0.29, 0.717) is 44.1 Å². The third kappa shape index (κ3) is 7.17. The highest BCUT2D eigenvalue weighted by atomic mass is 16.5. The van der Waals surface area contributed by atoms with E-state index in [4.69, 9.17) is 14.2 Å². The molecule has 2 aliphatic carbocycles. The van der Waals surface area contributed by atoms with Crippen molar-refractivity contribution in [3.8, 4) is 11.8 Å².